The van der Waals surface area contributed by atoms with Crippen LogP contribution in [0.2, 0.25) is 0 Å². The summed E-state index contributed by atoms with van der Waals surface area (Å²) in [5.41, 5.74) is 1.55. The lowest BCUT2D eigenvalue weighted by Gasteiger charge is -2.11. The lowest BCUT2D eigenvalue weighted by atomic mass is 10.1. The summed E-state index contributed by atoms with van der Waals surface area (Å²) in [6.45, 7) is 1.85. The van der Waals surface area contributed by atoms with Crippen molar-refractivity contribution < 1.29 is 28.5 Å². The molecule has 2 rings (SSSR count). The van der Waals surface area contributed by atoms with Crippen molar-refractivity contribution >= 4 is 18.0 Å². The van der Waals surface area contributed by atoms with Crippen molar-refractivity contribution in [2.45, 2.75) is 19.8 Å². The fourth-order valence-electron chi connectivity index (χ4n) is 2.61. The zero-order valence-corrected chi connectivity index (χ0v) is 17.1. The van der Waals surface area contributed by atoms with E-state index in [4.69, 9.17) is 19.5 Å². The standard InChI is InChI=1S/C23H23NO6/c1-4-5-16-6-9-19(10-7-16)29-15-22(25)30-20-11-8-17(13-21(20)27-2)12-18(14-24)23(26)28-3/h6-13H,4-5,15H2,1-3H3/b18-12+. The van der Waals surface area contributed by atoms with Crippen LogP contribution in [0.1, 0.15) is 24.5 Å². The SMILES string of the molecule is CCCc1ccc(OCC(=O)Oc2ccc(/C=C(\C#N)C(=O)OC)cc2OC)cc1. The Morgan fingerprint density at radius 2 is 1.80 bits per heavy atom. The molecule has 0 heterocycles. The number of carbonyl (C=O) groups is 2. The molecule has 2 aromatic rings. The molecule has 0 N–H and O–H groups in total. The van der Waals surface area contributed by atoms with Gasteiger partial charge in [0.25, 0.3) is 0 Å². The van der Waals surface area contributed by atoms with Gasteiger partial charge in [-0.05, 0) is 47.9 Å². The number of rotatable bonds is 9. The third-order valence-corrected chi connectivity index (χ3v) is 4.07. The largest absolute Gasteiger partial charge is 0.493 e. The van der Waals surface area contributed by atoms with E-state index in [1.165, 1.54) is 38.0 Å². The second kappa shape index (κ2) is 11.3. The topological polar surface area (TPSA) is 94.9 Å². The summed E-state index contributed by atoms with van der Waals surface area (Å²) < 4.78 is 20.6. The number of hydrogen-bond donors (Lipinski definition) is 0. The van der Waals surface area contributed by atoms with Crippen LogP contribution in [0, 0.1) is 11.3 Å². The minimum Gasteiger partial charge on any atom is -0.493 e. The van der Waals surface area contributed by atoms with Gasteiger partial charge in [-0.2, -0.15) is 5.26 Å². The molecule has 0 aliphatic heterocycles. The van der Waals surface area contributed by atoms with Crippen LogP contribution >= 0.6 is 0 Å². The van der Waals surface area contributed by atoms with Gasteiger partial charge in [0.2, 0.25) is 0 Å². The van der Waals surface area contributed by atoms with Crippen LogP contribution < -0.4 is 14.2 Å². The molecule has 7 nitrogen and oxygen atoms in total. The fraction of sp³-hybridized carbons (Fsp3) is 0.261. The predicted molar refractivity (Wildman–Crippen MR) is 110 cm³/mol. The van der Waals surface area contributed by atoms with Crippen LogP contribution in [0.3, 0.4) is 0 Å². The molecule has 0 aliphatic rings. The van der Waals surface area contributed by atoms with Crippen molar-refractivity contribution in [3.63, 3.8) is 0 Å². The van der Waals surface area contributed by atoms with E-state index < -0.39 is 11.9 Å². The van der Waals surface area contributed by atoms with E-state index in [0.717, 1.165) is 12.8 Å². The average molecular weight is 409 g/mol. The molecule has 0 aliphatic carbocycles. The van der Waals surface area contributed by atoms with Crippen LogP contribution in [-0.4, -0.2) is 32.8 Å². The molecule has 0 bridgehead atoms. The number of nitriles is 1. The highest BCUT2D eigenvalue weighted by molar-refractivity contribution is 5.97. The second-order valence-electron chi connectivity index (χ2n) is 6.23. The number of nitrogens with zero attached hydrogens (tertiary/aromatic N) is 1. The van der Waals surface area contributed by atoms with E-state index >= 15 is 0 Å². The Kier molecular flexibility index (Phi) is 8.45. The van der Waals surface area contributed by atoms with Gasteiger partial charge in [-0.3, -0.25) is 0 Å². The summed E-state index contributed by atoms with van der Waals surface area (Å²) in [4.78, 5) is 23.7. The molecule has 0 atom stereocenters. The van der Waals surface area contributed by atoms with Gasteiger partial charge in [0.1, 0.15) is 17.4 Å². The predicted octanol–water partition coefficient (Wildman–Crippen LogP) is 3.71. The summed E-state index contributed by atoms with van der Waals surface area (Å²) in [5.74, 6) is -0.305. The molecule has 7 heteroatoms. The number of esters is 2. The Balaban J connectivity index is 2.03. The smallest absolute Gasteiger partial charge is 0.349 e. The minimum atomic E-state index is -0.744. The van der Waals surface area contributed by atoms with E-state index in [1.807, 2.05) is 24.3 Å². The fourth-order valence-corrected chi connectivity index (χ4v) is 2.61. The minimum absolute atomic E-state index is 0.164. The van der Waals surface area contributed by atoms with Crippen molar-refractivity contribution in [3.8, 4) is 23.3 Å². The molecular formula is C23H23NO6. The van der Waals surface area contributed by atoms with Crippen LogP contribution in [0.4, 0.5) is 0 Å². The number of aryl methyl sites for hydroxylation is 1. The Hall–Kier alpha value is -3.79. The normalized spacial score (nSPS) is 10.7. The summed E-state index contributed by atoms with van der Waals surface area (Å²) in [7, 11) is 2.61. The molecule has 0 fully saturated rings. The molecule has 0 amide bonds. The quantitative estimate of drug-likeness (QED) is 0.270. The molecule has 0 aromatic heterocycles. The highest BCUT2D eigenvalue weighted by Crippen LogP contribution is 2.29. The monoisotopic (exact) mass is 409 g/mol. The maximum Gasteiger partial charge on any atom is 0.349 e. The summed E-state index contributed by atoms with van der Waals surface area (Å²) in [6, 6.07) is 14.0. The summed E-state index contributed by atoms with van der Waals surface area (Å²) in [6.07, 6.45) is 3.40. The van der Waals surface area contributed by atoms with Gasteiger partial charge in [-0.25, -0.2) is 9.59 Å². The van der Waals surface area contributed by atoms with E-state index in [-0.39, 0.29) is 23.7 Å². The third-order valence-electron chi connectivity index (χ3n) is 4.07. The maximum atomic E-state index is 12.1. The van der Waals surface area contributed by atoms with Crippen molar-refractivity contribution in [1.82, 2.24) is 0 Å². The number of benzene rings is 2. The van der Waals surface area contributed by atoms with Gasteiger partial charge < -0.3 is 18.9 Å². The van der Waals surface area contributed by atoms with Crippen LogP contribution in [-0.2, 0) is 20.7 Å². The molecule has 156 valence electrons. The van der Waals surface area contributed by atoms with E-state index in [2.05, 4.69) is 11.7 Å². The molecule has 2 aromatic carbocycles. The first-order valence-electron chi connectivity index (χ1n) is 9.31. The number of carbonyl (C=O) groups excluding carboxylic acids is 2. The van der Waals surface area contributed by atoms with Gasteiger partial charge >= 0.3 is 11.9 Å². The Bertz CT molecular complexity index is 957. The number of methoxy groups -OCH3 is 2. The molecule has 0 radical (unpaired) electrons. The van der Waals surface area contributed by atoms with E-state index in [9.17, 15) is 9.59 Å². The van der Waals surface area contributed by atoms with Crippen LogP contribution in [0.5, 0.6) is 17.2 Å². The molecular weight excluding hydrogens is 386 g/mol. The Morgan fingerprint density at radius 3 is 2.40 bits per heavy atom. The van der Waals surface area contributed by atoms with Gasteiger partial charge in [0.05, 0.1) is 14.2 Å². The molecule has 0 saturated carbocycles. The second-order valence-corrected chi connectivity index (χ2v) is 6.23. The van der Waals surface area contributed by atoms with E-state index in [1.54, 1.807) is 12.1 Å². The molecule has 0 spiro atoms. The van der Waals surface area contributed by atoms with Crippen LogP contribution in [0.15, 0.2) is 48.0 Å². The van der Waals surface area contributed by atoms with Gasteiger partial charge in [-0.1, -0.05) is 31.5 Å². The zero-order chi connectivity index (χ0) is 21.9. The highest BCUT2D eigenvalue weighted by Gasteiger charge is 2.13. The molecule has 0 unspecified atom stereocenters. The highest BCUT2D eigenvalue weighted by atomic mass is 16.6. The third kappa shape index (κ3) is 6.38. The van der Waals surface area contributed by atoms with Crippen molar-refractivity contribution in [2.24, 2.45) is 0 Å². The zero-order valence-electron chi connectivity index (χ0n) is 17.1. The first-order valence-corrected chi connectivity index (χ1v) is 9.31. The molecule has 0 saturated heterocycles. The Morgan fingerprint density at radius 1 is 1.07 bits per heavy atom. The lowest BCUT2D eigenvalue weighted by molar-refractivity contribution is -0.137. The first kappa shape index (κ1) is 22.5. The number of ether oxygens (including phenoxy) is 4. The van der Waals surface area contributed by atoms with Crippen molar-refractivity contribution in [1.29, 1.82) is 5.26 Å². The maximum absolute atomic E-state index is 12.1. The lowest BCUT2D eigenvalue weighted by Crippen LogP contribution is -2.18. The number of hydrogen-bond acceptors (Lipinski definition) is 7. The molecule has 30 heavy (non-hydrogen) atoms. The van der Waals surface area contributed by atoms with Crippen molar-refractivity contribution in [3.05, 3.63) is 59.2 Å². The summed E-state index contributed by atoms with van der Waals surface area (Å²) >= 11 is 0. The Labute approximate surface area is 175 Å². The first-order chi connectivity index (χ1) is 14.5. The van der Waals surface area contributed by atoms with Gasteiger partial charge in [0, 0.05) is 0 Å². The van der Waals surface area contributed by atoms with Gasteiger partial charge in [0.15, 0.2) is 18.1 Å². The van der Waals surface area contributed by atoms with Crippen LogP contribution in [0.25, 0.3) is 6.08 Å². The van der Waals surface area contributed by atoms with Gasteiger partial charge in [-0.15, -0.1) is 0 Å². The van der Waals surface area contributed by atoms with Crippen molar-refractivity contribution in [2.75, 3.05) is 20.8 Å². The average Bonchev–Trinajstić information content (AvgIpc) is 2.77. The summed E-state index contributed by atoms with van der Waals surface area (Å²) in [5, 5.41) is 9.05. The van der Waals surface area contributed by atoms with E-state index in [0.29, 0.717) is 11.3 Å².